The lowest BCUT2D eigenvalue weighted by Gasteiger charge is -2.01. The third-order valence-corrected chi connectivity index (χ3v) is 2.46. The van der Waals surface area contributed by atoms with E-state index < -0.39 is 0 Å². The highest BCUT2D eigenvalue weighted by molar-refractivity contribution is 5.70. The van der Waals surface area contributed by atoms with Crippen molar-refractivity contribution in [2.45, 2.75) is 0 Å². The first-order valence-corrected chi connectivity index (χ1v) is 4.93. The highest BCUT2D eigenvalue weighted by Crippen LogP contribution is 2.23. The van der Waals surface area contributed by atoms with E-state index in [1.54, 1.807) is 0 Å². The fraction of sp³-hybridized carbons (Fsp3) is 0. The molecule has 0 unspecified atom stereocenters. The number of hydrogen-bond acceptors (Lipinski definition) is 2. The maximum absolute atomic E-state index is 4.61. The third kappa shape index (κ3) is 1.40. The molecule has 2 aromatic rings. The van der Waals surface area contributed by atoms with E-state index in [-0.39, 0.29) is 0 Å². The summed E-state index contributed by atoms with van der Waals surface area (Å²) in [6, 6.07) is 16.1. The average molecular weight is 194 g/mol. The van der Waals surface area contributed by atoms with Crippen LogP contribution in [0.4, 0.5) is 11.4 Å². The zero-order valence-electron chi connectivity index (χ0n) is 8.14. The maximum atomic E-state index is 4.61. The first-order chi connectivity index (χ1) is 7.43. The smallest absolute Gasteiger partial charge is 0.0871 e. The minimum absolute atomic E-state index is 0.985. The summed E-state index contributed by atoms with van der Waals surface area (Å²) in [6.07, 6.45) is 1.99. The predicted octanol–water partition coefficient (Wildman–Crippen LogP) is 1.80. The van der Waals surface area contributed by atoms with Gasteiger partial charge in [0.05, 0.1) is 16.7 Å². The number of anilines is 1. The zero-order valence-corrected chi connectivity index (χ0v) is 8.14. The van der Waals surface area contributed by atoms with Crippen LogP contribution in [0.2, 0.25) is 0 Å². The van der Waals surface area contributed by atoms with Crippen LogP contribution in [-0.2, 0) is 0 Å². The largest absolute Gasteiger partial charge is 0.359 e. The summed E-state index contributed by atoms with van der Waals surface area (Å²) in [7, 11) is 0. The highest BCUT2D eigenvalue weighted by atomic mass is 14.9. The molecule has 0 aromatic heterocycles. The summed E-state index contributed by atoms with van der Waals surface area (Å²) < 4.78 is 0. The molecule has 1 aliphatic rings. The molecule has 0 saturated heterocycles. The topological polar surface area (TPSA) is 24.4 Å². The molecule has 1 N–H and O–H groups in total. The van der Waals surface area contributed by atoms with Gasteiger partial charge in [0.1, 0.15) is 0 Å². The van der Waals surface area contributed by atoms with Gasteiger partial charge in [0.15, 0.2) is 0 Å². The van der Waals surface area contributed by atoms with Crippen LogP contribution >= 0.6 is 0 Å². The van der Waals surface area contributed by atoms with Crippen LogP contribution in [0.1, 0.15) is 0 Å². The Morgan fingerprint density at radius 2 is 1.67 bits per heavy atom. The molecule has 15 heavy (non-hydrogen) atoms. The van der Waals surface area contributed by atoms with E-state index in [0.29, 0.717) is 0 Å². The molecular weight excluding hydrogens is 184 g/mol. The van der Waals surface area contributed by atoms with Crippen molar-refractivity contribution in [1.29, 1.82) is 0 Å². The molecule has 1 heterocycles. The van der Waals surface area contributed by atoms with Gasteiger partial charge in [-0.25, -0.2) is 4.99 Å². The van der Waals surface area contributed by atoms with Crippen molar-refractivity contribution in [3.05, 3.63) is 59.1 Å². The lowest BCUT2D eigenvalue weighted by atomic mass is 10.3. The summed E-state index contributed by atoms with van der Waals surface area (Å²) in [4.78, 5) is 4.61. The van der Waals surface area contributed by atoms with Crippen molar-refractivity contribution >= 4 is 17.6 Å². The molecular formula is C13H10N2. The molecule has 0 saturated carbocycles. The quantitative estimate of drug-likeness (QED) is 0.679. The number of rotatable bonds is 0. The van der Waals surface area contributed by atoms with Gasteiger partial charge in [-0.2, -0.15) is 0 Å². The second-order valence-electron chi connectivity index (χ2n) is 3.48. The molecule has 0 bridgehead atoms. The van der Waals surface area contributed by atoms with Crippen molar-refractivity contribution in [2.24, 2.45) is 4.99 Å². The van der Waals surface area contributed by atoms with Crippen LogP contribution in [0.5, 0.6) is 0 Å². The molecule has 0 radical (unpaired) electrons. The van der Waals surface area contributed by atoms with Crippen LogP contribution < -0.4 is 15.9 Å². The molecule has 0 spiro atoms. The first kappa shape index (κ1) is 8.24. The second-order valence-corrected chi connectivity index (χ2v) is 3.48. The van der Waals surface area contributed by atoms with Crippen molar-refractivity contribution in [3.8, 4) is 0 Å². The summed E-state index contributed by atoms with van der Waals surface area (Å²) >= 11 is 0. The van der Waals surface area contributed by atoms with Gasteiger partial charge in [-0.15, -0.1) is 0 Å². The van der Waals surface area contributed by atoms with Gasteiger partial charge < -0.3 is 5.32 Å². The van der Waals surface area contributed by atoms with E-state index in [4.69, 9.17) is 0 Å². The second kappa shape index (κ2) is 3.24. The average Bonchev–Trinajstić information content (AvgIpc) is 2.48. The molecule has 2 aromatic carbocycles. The molecule has 1 aliphatic heterocycles. The van der Waals surface area contributed by atoms with Gasteiger partial charge in [0, 0.05) is 11.4 Å². The Morgan fingerprint density at radius 1 is 0.867 bits per heavy atom. The van der Waals surface area contributed by atoms with E-state index in [0.717, 1.165) is 22.0 Å². The molecule has 0 atom stereocenters. The van der Waals surface area contributed by atoms with Gasteiger partial charge in [-0.05, 0) is 18.2 Å². The number of para-hydroxylation sites is 3. The Balaban J connectivity index is 2.36. The first-order valence-electron chi connectivity index (χ1n) is 4.93. The molecule has 0 amide bonds. The lowest BCUT2D eigenvalue weighted by Crippen LogP contribution is -2.23. The van der Waals surface area contributed by atoms with Crippen LogP contribution in [-0.4, -0.2) is 0 Å². The summed E-state index contributed by atoms with van der Waals surface area (Å²) in [5.74, 6) is 0. The van der Waals surface area contributed by atoms with E-state index in [9.17, 15) is 0 Å². The predicted molar refractivity (Wildman–Crippen MR) is 61.4 cm³/mol. The van der Waals surface area contributed by atoms with E-state index in [1.807, 2.05) is 48.7 Å². The number of benzene rings is 2. The zero-order chi connectivity index (χ0) is 10.1. The minimum atomic E-state index is 0.985. The van der Waals surface area contributed by atoms with Gasteiger partial charge in [0.25, 0.3) is 0 Å². The van der Waals surface area contributed by atoms with E-state index in [1.165, 1.54) is 0 Å². The monoisotopic (exact) mass is 194 g/mol. The fourth-order valence-corrected chi connectivity index (χ4v) is 1.69. The van der Waals surface area contributed by atoms with E-state index in [2.05, 4.69) is 16.4 Å². The molecule has 2 heteroatoms. The highest BCUT2D eigenvalue weighted by Gasteiger charge is 2.00. The minimum Gasteiger partial charge on any atom is -0.359 e. The van der Waals surface area contributed by atoms with Crippen LogP contribution in [0, 0.1) is 0 Å². The lowest BCUT2D eigenvalue weighted by molar-refractivity contribution is 1.32. The number of fused-ring (bicyclic) bond motifs is 2. The molecule has 2 nitrogen and oxygen atoms in total. The molecule has 3 rings (SSSR count). The Labute approximate surface area is 87.6 Å². The Morgan fingerprint density at radius 3 is 2.67 bits per heavy atom. The Hall–Kier alpha value is -2.09. The van der Waals surface area contributed by atoms with Gasteiger partial charge in [0.2, 0.25) is 0 Å². The summed E-state index contributed by atoms with van der Waals surface area (Å²) in [5, 5.41) is 5.39. The van der Waals surface area contributed by atoms with Crippen LogP contribution in [0.25, 0.3) is 6.20 Å². The number of nitrogens with one attached hydrogen (secondary N) is 1. The molecule has 0 fully saturated rings. The SMILES string of the molecule is C1=c2ccccc2=Nc2ccccc2N1. The third-order valence-electron chi connectivity index (χ3n) is 2.46. The Kier molecular flexibility index (Phi) is 1.78. The van der Waals surface area contributed by atoms with Crippen molar-refractivity contribution in [1.82, 2.24) is 0 Å². The van der Waals surface area contributed by atoms with Crippen LogP contribution in [0.15, 0.2) is 53.5 Å². The number of nitrogens with zero attached hydrogens (tertiary/aromatic N) is 1. The fourth-order valence-electron chi connectivity index (χ4n) is 1.69. The Bertz CT molecular complexity index is 614. The number of hydrogen-bond donors (Lipinski definition) is 1. The van der Waals surface area contributed by atoms with Gasteiger partial charge in [-0.3, -0.25) is 0 Å². The van der Waals surface area contributed by atoms with Crippen molar-refractivity contribution < 1.29 is 0 Å². The maximum Gasteiger partial charge on any atom is 0.0871 e. The van der Waals surface area contributed by atoms with Gasteiger partial charge >= 0.3 is 0 Å². The molecule has 72 valence electrons. The normalized spacial score (nSPS) is 12.3. The van der Waals surface area contributed by atoms with Gasteiger partial charge in [-0.1, -0.05) is 30.3 Å². The van der Waals surface area contributed by atoms with E-state index >= 15 is 0 Å². The molecule has 0 aliphatic carbocycles. The van der Waals surface area contributed by atoms with Crippen molar-refractivity contribution in [3.63, 3.8) is 0 Å². The summed E-state index contributed by atoms with van der Waals surface area (Å²) in [5.41, 5.74) is 2.03. The van der Waals surface area contributed by atoms with Crippen molar-refractivity contribution in [2.75, 3.05) is 5.32 Å². The summed E-state index contributed by atoms with van der Waals surface area (Å²) in [6.45, 7) is 0. The standard InChI is InChI=1S/C13H10N2/c1-2-6-11-10(5-1)9-14-12-7-3-4-8-13(12)15-11/h1-9,14H. The van der Waals surface area contributed by atoms with Crippen LogP contribution in [0.3, 0.4) is 0 Å².